The maximum absolute atomic E-state index is 6.19. The minimum absolute atomic E-state index is 0.647. The molecule has 0 bridgehead atoms. The van der Waals surface area contributed by atoms with Crippen LogP contribution in [0.1, 0.15) is 5.56 Å². The number of ether oxygens (including phenoxy) is 1. The van der Waals surface area contributed by atoms with E-state index >= 15 is 0 Å². The molecule has 0 atom stereocenters. The van der Waals surface area contributed by atoms with E-state index in [-0.39, 0.29) is 0 Å². The molecule has 3 aromatic carbocycles. The molecule has 0 unspecified atom stereocenters. The predicted octanol–water partition coefficient (Wildman–Crippen LogP) is 6.77. The summed E-state index contributed by atoms with van der Waals surface area (Å²) in [6.07, 6.45) is 3.67. The van der Waals surface area contributed by atoms with E-state index in [1.807, 2.05) is 90.4 Å². The van der Waals surface area contributed by atoms with Crippen LogP contribution in [0.2, 0.25) is 5.02 Å². The first-order chi connectivity index (χ1) is 16.7. The first-order valence-electron chi connectivity index (χ1n) is 10.5. The Morgan fingerprint density at radius 2 is 1.82 bits per heavy atom. The van der Waals surface area contributed by atoms with Crippen molar-refractivity contribution in [3.63, 3.8) is 0 Å². The molecule has 0 amide bonds. The number of halogens is 1. The van der Waals surface area contributed by atoms with E-state index in [0.29, 0.717) is 10.2 Å². The summed E-state index contributed by atoms with van der Waals surface area (Å²) in [5.74, 6) is 0.785. The summed E-state index contributed by atoms with van der Waals surface area (Å²) >= 11 is 7.69. The number of methoxy groups -OCH3 is 1. The van der Waals surface area contributed by atoms with Gasteiger partial charge in [-0.1, -0.05) is 48.0 Å². The van der Waals surface area contributed by atoms with Crippen LogP contribution in [0, 0.1) is 0 Å². The van der Waals surface area contributed by atoms with Crippen LogP contribution in [0.15, 0.2) is 95.5 Å². The van der Waals surface area contributed by atoms with Gasteiger partial charge in [-0.05, 0) is 42.5 Å². The molecular weight excluding hydrogens is 466 g/mol. The number of benzene rings is 3. The predicted molar refractivity (Wildman–Crippen MR) is 139 cm³/mol. The molecule has 0 fully saturated rings. The van der Waals surface area contributed by atoms with Crippen LogP contribution >= 0.6 is 22.9 Å². The molecule has 0 aliphatic rings. The molecule has 0 aliphatic heterocycles. The van der Waals surface area contributed by atoms with Crippen molar-refractivity contribution in [1.29, 1.82) is 0 Å². The van der Waals surface area contributed by atoms with E-state index in [2.05, 4.69) is 15.5 Å². The zero-order valence-electron chi connectivity index (χ0n) is 18.2. The summed E-state index contributed by atoms with van der Waals surface area (Å²) in [7, 11) is 1.65. The summed E-state index contributed by atoms with van der Waals surface area (Å²) in [6.45, 7) is 0. The molecule has 6 nitrogen and oxygen atoms in total. The molecule has 34 heavy (non-hydrogen) atoms. The maximum Gasteiger partial charge on any atom is 0.203 e. The van der Waals surface area contributed by atoms with Gasteiger partial charge in [0.05, 0.1) is 24.7 Å². The Labute approximate surface area is 206 Å². The number of hydrogen-bond donors (Lipinski definition) is 1. The lowest BCUT2D eigenvalue weighted by atomic mass is 10.1. The van der Waals surface area contributed by atoms with Gasteiger partial charge in [0.2, 0.25) is 5.13 Å². The standard InChI is InChI=1S/C26H20ClN5OS/c1-33-23-12-10-19(11-13-23)25-20(16-32(31-25)22-9-5-8-21(27)14-22)15-28-30-26-29-24(17-34-26)18-6-3-2-4-7-18/h2-17H,1H3,(H,29,30)/b28-15+. The number of thiazole rings is 1. The van der Waals surface area contributed by atoms with E-state index in [9.17, 15) is 0 Å². The Bertz CT molecular complexity index is 1430. The zero-order chi connectivity index (χ0) is 23.3. The highest BCUT2D eigenvalue weighted by Crippen LogP contribution is 2.27. The topological polar surface area (TPSA) is 64.3 Å². The Kier molecular flexibility index (Phi) is 6.38. The van der Waals surface area contributed by atoms with Gasteiger partial charge in [-0.3, -0.25) is 5.43 Å². The second kappa shape index (κ2) is 9.91. The number of rotatable bonds is 7. The molecule has 0 radical (unpaired) electrons. The molecule has 0 aliphatic carbocycles. The lowest BCUT2D eigenvalue weighted by molar-refractivity contribution is 0.415. The van der Waals surface area contributed by atoms with Crippen LogP contribution in [0.3, 0.4) is 0 Å². The second-order valence-electron chi connectivity index (χ2n) is 7.36. The van der Waals surface area contributed by atoms with Crippen molar-refractivity contribution in [1.82, 2.24) is 14.8 Å². The summed E-state index contributed by atoms with van der Waals surface area (Å²) in [6, 6.07) is 25.4. The van der Waals surface area contributed by atoms with Crippen molar-refractivity contribution in [3.8, 4) is 34.0 Å². The van der Waals surface area contributed by atoms with E-state index < -0.39 is 0 Å². The molecule has 0 spiro atoms. The lowest BCUT2D eigenvalue weighted by Gasteiger charge is -2.03. The van der Waals surface area contributed by atoms with Crippen molar-refractivity contribution in [2.45, 2.75) is 0 Å². The monoisotopic (exact) mass is 485 g/mol. The minimum atomic E-state index is 0.647. The average Bonchev–Trinajstić information content (AvgIpc) is 3.53. The first-order valence-corrected chi connectivity index (χ1v) is 11.8. The van der Waals surface area contributed by atoms with E-state index in [1.165, 1.54) is 11.3 Å². The summed E-state index contributed by atoms with van der Waals surface area (Å²) in [5.41, 5.74) is 8.46. The molecule has 0 saturated heterocycles. The Hall–Kier alpha value is -3.94. The van der Waals surface area contributed by atoms with Gasteiger partial charge in [0.15, 0.2) is 0 Å². The van der Waals surface area contributed by atoms with Crippen LogP contribution in [0.4, 0.5) is 5.13 Å². The molecule has 5 rings (SSSR count). The smallest absolute Gasteiger partial charge is 0.203 e. The zero-order valence-corrected chi connectivity index (χ0v) is 19.8. The third-order valence-corrected chi connectivity index (χ3v) is 6.10. The van der Waals surface area contributed by atoms with E-state index in [1.54, 1.807) is 18.0 Å². The molecule has 1 N–H and O–H groups in total. The highest BCUT2D eigenvalue weighted by molar-refractivity contribution is 7.14. The molecule has 0 saturated carbocycles. The number of nitrogens with zero attached hydrogens (tertiary/aromatic N) is 4. The Balaban J connectivity index is 1.43. The van der Waals surface area contributed by atoms with Crippen LogP contribution in [-0.4, -0.2) is 28.1 Å². The van der Waals surface area contributed by atoms with Crippen molar-refractivity contribution in [2.75, 3.05) is 12.5 Å². The average molecular weight is 486 g/mol. The highest BCUT2D eigenvalue weighted by Gasteiger charge is 2.12. The molecule has 8 heteroatoms. The normalized spacial score (nSPS) is 11.1. The largest absolute Gasteiger partial charge is 0.497 e. The van der Waals surface area contributed by atoms with Crippen molar-refractivity contribution in [3.05, 3.63) is 101 Å². The highest BCUT2D eigenvalue weighted by atomic mass is 35.5. The number of anilines is 1. The fraction of sp³-hybridized carbons (Fsp3) is 0.0385. The number of hydrazone groups is 1. The summed E-state index contributed by atoms with van der Waals surface area (Å²) in [5, 5.41) is 12.6. The summed E-state index contributed by atoms with van der Waals surface area (Å²) < 4.78 is 7.08. The van der Waals surface area contributed by atoms with Crippen LogP contribution in [0.25, 0.3) is 28.2 Å². The molecule has 2 heterocycles. The van der Waals surface area contributed by atoms with Crippen molar-refractivity contribution < 1.29 is 4.74 Å². The van der Waals surface area contributed by atoms with Crippen molar-refractivity contribution >= 4 is 34.3 Å². The van der Waals surface area contributed by atoms with Gasteiger partial charge in [-0.15, -0.1) is 11.3 Å². The fourth-order valence-corrected chi connectivity index (χ4v) is 4.28. The quantitative estimate of drug-likeness (QED) is 0.204. The van der Waals surface area contributed by atoms with Gasteiger partial charge in [-0.2, -0.15) is 10.2 Å². The van der Waals surface area contributed by atoms with Gasteiger partial charge < -0.3 is 4.74 Å². The SMILES string of the molecule is COc1ccc(-c2nn(-c3cccc(Cl)c3)cc2/C=N/Nc2nc(-c3ccccc3)cs2)cc1. The third-order valence-electron chi connectivity index (χ3n) is 5.12. The molecule has 5 aromatic rings. The third kappa shape index (κ3) is 4.85. The van der Waals surface area contributed by atoms with Gasteiger partial charge in [0.1, 0.15) is 11.4 Å². The van der Waals surface area contributed by atoms with Gasteiger partial charge in [0, 0.05) is 33.3 Å². The van der Waals surface area contributed by atoms with Crippen LogP contribution in [0.5, 0.6) is 5.75 Å². The number of nitrogens with one attached hydrogen (secondary N) is 1. The number of hydrogen-bond acceptors (Lipinski definition) is 6. The Morgan fingerprint density at radius 1 is 1.00 bits per heavy atom. The fourth-order valence-electron chi connectivity index (χ4n) is 3.43. The first kappa shape index (κ1) is 21.9. The lowest BCUT2D eigenvalue weighted by Crippen LogP contribution is -1.94. The number of aromatic nitrogens is 3. The molecule has 168 valence electrons. The van der Waals surface area contributed by atoms with Gasteiger partial charge in [0.25, 0.3) is 0 Å². The summed E-state index contributed by atoms with van der Waals surface area (Å²) in [4.78, 5) is 4.62. The van der Waals surface area contributed by atoms with E-state index in [4.69, 9.17) is 21.4 Å². The Morgan fingerprint density at radius 3 is 2.59 bits per heavy atom. The minimum Gasteiger partial charge on any atom is -0.497 e. The van der Waals surface area contributed by atoms with E-state index in [0.717, 1.165) is 39.5 Å². The molecular formula is C26H20ClN5OS. The maximum atomic E-state index is 6.19. The second-order valence-corrected chi connectivity index (χ2v) is 8.65. The molecule has 2 aromatic heterocycles. The van der Waals surface area contributed by atoms with Crippen LogP contribution in [-0.2, 0) is 0 Å². The van der Waals surface area contributed by atoms with Crippen LogP contribution < -0.4 is 10.2 Å². The van der Waals surface area contributed by atoms with Gasteiger partial charge >= 0.3 is 0 Å². The van der Waals surface area contributed by atoms with Crippen molar-refractivity contribution in [2.24, 2.45) is 5.10 Å². The van der Waals surface area contributed by atoms with Gasteiger partial charge in [-0.25, -0.2) is 9.67 Å².